The van der Waals surface area contributed by atoms with Crippen LogP contribution in [0.1, 0.15) is 5.56 Å². The van der Waals surface area contributed by atoms with E-state index in [1.165, 1.54) is 11.8 Å². The van der Waals surface area contributed by atoms with Crippen molar-refractivity contribution in [3.05, 3.63) is 60.2 Å². The first-order valence-electron chi connectivity index (χ1n) is 6.42. The van der Waals surface area contributed by atoms with Crippen LogP contribution < -0.4 is 10.2 Å². The molecule has 0 saturated heterocycles. The van der Waals surface area contributed by atoms with E-state index in [2.05, 4.69) is 15.5 Å². The minimum absolute atomic E-state index is 0. The van der Waals surface area contributed by atoms with Crippen LogP contribution in [0.4, 0.5) is 5.69 Å². The van der Waals surface area contributed by atoms with Crippen molar-refractivity contribution in [3.8, 4) is 5.75 Å². The number of rotatable bonds is 4. The molecule has 116 valence electrons. The summed E-state index contributed by atoms with van der Waals surface area (Å²) < 4.78 is 5.11. The molecule has 0 spiro atoms. The summed E-state index contributed by atoms with van der Waals surface area (Å²) in [5.41, 5.74) is 4.83. The first-order chi connectivity index (χ1) is 10.3. The van der Waals surface area contributed by atoms with E-state index in [9.17, 15) is 0 Å². The maximum absolute atomic E-state index is 5.11. The lowest BCUT2D eigenvalue weighted by Crippen LogP contribution is -2.13. The summed E-state index contributed by atoms with van der Waals surface area (Å²) in [4.78, 5) is 4.47. The molecule has 22 heavy (non-hydrogen) atoms. The lowest BCUT2D eigenvalue weighted by atomic mass is 10.2. The van der Waals surface area contributed by atoms with Gasteiger partial charge in [-0.05, 0) is 48.2 Å². The van der Waals surface area contributed by atoms with Gasteiger partial charge in [0.15, 0.2) is 5.17 Å². The fourth-order valence-corrected chi connectivity index (χ4v) is 1.93. The molecule has 0 aromatic heterocycles. The van der Waals surface area contributed by atoms with E-state index in [0.717, 1.165) is 22.2 Å². The maximum Gasteiger partial charge on any atom is 0.182 e. The molecule has 0 amide bonds. The minimum Gasteiger partial charge on any atom is -0.497 e. The number of nitrogens with one attached hydrogen (secondary N) is 1. The zero-order chi connectivity index (χ0) is 14.9. The first-order valence-corrected chi connectivity index (χ1v) is 7.65. The third-order valence-corrected chi connectivity index (χ3v) is 3.24. The molecule has 0 heterocycles. The topological polar surface area (TPSA) is 46.0 Å². The SMILES string of the molecule is COc1ccc(/C=N/NC(=Nc2ccccc2)SC)cc1.I. The van der Waals surface area contributed by atoms with Crippen molar-refractivity contribution in [1.82, 2.24) is 5.43 Å². The molecule has 0 radical (unpaired) electrons. The molecule has 1 N–H and O–H groups in total. The number of nitrogens with zero attached hydrogens (tertiary/aromatic N) is 2. The van der Waals surface area contributed by atoms with Crippen molar-refractivity contribution in [3.63, 3.8) is 0 Å². The number of methoxy groups -OCH3 is 1. The average molecular weight is 427 g/mol. The number of thioether (sulfide) groups is 1. The zero-order valence-corrected chi connectivity index (χ0v) is 15.5. The van der Waals surface area contributed by atoms with Crippen molar-refractivity contribution < 1.29 is 4.74 Å². The number of amidine groups is 1. The second-order valence-electron chi connectivity index (χ2n) is 4.10. The van der Waals surface area contributed by atoms with Crippen LogP contribution in [-0.4, -0.2) is 24.7 Å². The van der Waals surface area contributed by atoms with Gasteiger partial charge in [0, 0.05) is 0 Å². The van der Waals surface area contributed by atoms with Gasteiger partial charge in [0.2, 0.25) is 0 Å². The van der Waals surface area contributed by atoms with E-state index in [-0.39, 0.29) is 24.0 Å². The summed E-state index contributed by atoms with van der Waals surface area (Å²) in [6.45, 7) is 0. The molecular weight excluding hydrogens is 409 g/mol. The Bertz CT molecular complexity index is 615. The second-order valence-corrected chi connectivity index (χ2v) is 4.89. The van der Waals surface area contributed by atoms with Gasteiger partial charge >= 0.3 is 0 Å². The Balaban J connectivity index is 0.00000242. The van der Waals surface area contributed by atoms with Crippen LogP contribution in [0, 0.1) is 0 Å². The summed E-state index contributed by atoms with van der Waals surface area (Å²) >= 11 is 1.51. The zero-order valence-electron chi connectivity index (χ0n) is 12.4. The number of hydrazone groups is 1. The highest BCUT2D eigenvalue weighted by Crippen LogP contribution is 2.12. The van der Waals surface area contributed by atoms with Crippen LogP contribution in [0.15, 0.2) is 64.7 Å². The van der Waals surface area contributed by atoms with Gasteiger partial charge in [0.05, 0.1) is 19.0 Å². The van der Waals surface area contributed by atoms with Gasteiger partial charge in [0.25, 0.3) is 0 Å². The predicted octanol–water partition coefficient (Wildman–Crippen LogP) is 4.29. The lowest BCUT2D eigenvalue weighted by Gasteiger charge is -2.02. The standard InChI is InChI=1S/C16H17N3OS.HI/c1-20-15-10-8-13(9-11-15)12-17-19-16(21-2)18-14-6-4-3-5-7-14;/h3-12H,1-2H3,(H,18,19);1H/b17-12+;. The Kier molecular flexibility index (Phi) is 8.61. The van der Waals surface area contributed by atoms with Gasteiger partial charge in [-0.3, -0.25) is 5.43 Å². The van der Waals surface area contributed by atoms with Crippen molar-refractivity contribution in [1.29, 1.82) is 0 Å². The van der Waals surface area contributed by atoms with E-state index in [4.69, 9.17) is 4.74 Å². The molecule has 6 heteroatoms. The van der Waals surface area contributed by atoms with Crippen molar-refractivity contribution in [2.75, 3.05) is 13.4 Å². The van der Waals surface area contributed by atoms with Gasteiger partial charge in [-0.15, -0.1) is 24.0 Å². The molecule has 0 aliphatic carbocycles. The normalized spacial score (nSPS) is 11.1. The number of hydrogen-bond donors (Lipinski definition) is 1. The van der Waals surface area contributed by atoms with Gasteiger partial charge in [-0.2, -0.15) is 5.10 Å². The molecule has 2 aromatic carbocycles. The average Bonchev–Trinajstić information content (AvgIpc) is 2.55. The van der Waals surface area contributed by atoms with E-state index in [0.29, 0.717) is 0 Å². The van der Waals surface area contributed by atoms with E-state index >= 15 is 0 Å². The van der Waals surface area contributed by atoms with Gasteiger partial charge in [-0.25, -0.2) is 4.99 Å². The molecule has 0 atom stereocenters. The number of aliphatic imine (C=N–C) groups is 1. The Labute approximate surface area is 152 Å². The Morgan fingerprint density at radius 1 is 1.09 bits per heavy atom. The quantitative estimate of drug-likeness (QED) is 0.343. The summed E-state index contributed by atoms with van der Waals surface area (Å²) in [6, 6.07) is 17.5. The molecule has 0 aliphatic rings. The maximum atomic E-state index is 5.11. The van der Waals surface area contributed by atoms with Crippen LogP contribution in [-0.2, 0) is 0 Å². The highest BCUT2D eigenvalue weighted by Gasteiger charge is 1.95. The number of benzene rings is 2. The summed E-state index contributed by atoms with van der Waals surface area (Å²) in [7, 11) is 1.65. The Hall–Kier alpha value is -1.54. The third-order valence-electron chi connectivity index (χ3n) is 2.67. The van der Waals surface area contributed by atoms with Gasteiger partial charge in [-0.1, -0.05) is 30.0 Å². The lowest BCUT2D eigenvalue weighted by molar-refractivity contribution is 0.415. The van der Waals surface area contributed by atoms with E-state index < -0.39 is 0 Å². The summed E-state index contributed by atoms with van der Waals surface area (Å²) in [5.74, 6) is 0.829. The second kappa shape index (κ2) is 10.2. The Morgan fingerprint density at radius 3 is 2.36 bits per heavy atom. The van der Waals surface area contributed by atoms with Crippen molar-refractivity contribution >= 4 is 52.8 Å². The molecule has 0 fully saturated rings. The molecule has 2 aromatic rings. The van der Waals surface area contributed by atoms with Crippen LogP contribution in [0.2, 0.25) is 0 Å². The molecule has 0 saturated carbocycles. The van der Waals surface area contributed by atoms with Crippen LogP contribution >= 0.6 is 35.7 Å². The molecule has 0 aliphatic heterocycles. The van der Waals surface area contributed by atoms with Crippen molar-refractivity contribution in [2.45, 2.75) is 0 Å². The van der Waals surface area contributed by atoms with Crippen LogP contribution in [0.25, 0.3) is 0 Å². The van der Waals surface area contributed by atoms with E-state index in [1.807, 2.05) is 60.9 Å². The molecule has 4 nitrogen and oxygen atoms in total. The molecule has 0 unspecified atom stereocenters. The molecule has 0 bridgehead atoms. The Morgan fingerprint density at radius 2 is 1.77 bits per heavy atom. The van der Waals surface area contributed by atoms with Crippen LogP contribution in [0.5, 0.6) is 5.75 Å². The summed E-state index contributed by atoms with van der Waals surface area (Å²) in [6.07, 6.45) is 3.70. The molecular formula is C16H18IN3OS. The minimum atomic E-state index is 0. The van der Waals surface area contributed by atoms with Crippen molar-refractivity contribution in [2.24, 2.45) is 10.1 Å². The predicted molar refractivity (Wildman–Crippen MR) is 106 cm³/mol. The van der Waals surface area contributed by atoms with Gasteiger partial charge in [0.1, 0.15) is 5.75 Å². The largest absolute Gasteiger partial charge is 0.497 e. The highest BCUT2D eigenvalue weighted by atomic mass is 127. The number of ether oxygens (including phenoxy) is 1. The van der Waals surface area contributed by atoms with E-state index in [1.54, 1.807) is 13.3 Å². The van der Waals surface area contributed by atoms with Gasteiger partial charge < -0.3 is 4.74 Å². The first kappa shape index (κ1) is 18.5. The third kappa shape index (κ3) is 6.07. The highest BCUT2D eigenvalue weighted by molar-refractivity contribution is 14.0. The monoisotopic (exact) mass is 427 g/mol. The molecule has 2 rings (SSSR count). The number of halogens is 1. The van der Waals surface area contributed by atoms with Crippen LogP contribution in [0.3, 0.4) is 0 Å². The number of para-hydroxylation sites is 1. The number of hydrogen-bond acceptors (Lipinski definition) is 4. The fraction of sp³-hybridized carbons (Fsp3) is 0.125. The summed E-state index contributed by atoms with van der Waals surface area (Å²) in [5, 5.41) is 4.94. The fourth-order valence-electron chi connectivity index (χ4n) is 1.59. The smallest absolute Gasteiger partial charge is 0.182 e.